The summed E-state index contributed by atoms with van der Waals surface area (Å²) in [6, 6.07) is 39.1. The first-order valence-electron chi connectivity index (χ1n) is 13.4. The van der Waals surface area contributed by atoms with Crippen molar-refractivity contribution < 1.29 is 0 Å². The van der Waals surface area contributed by atoms with Crippen LogP contribution in [0.3, 0.4) is 0 Å². The summed E-state index contributed by atoms with van der Waals surface area (Å²) in [6.07, 6.45) is 6.14. The molecule has 9 rings (SSSR count). The lowest BCUT2D eigenvalue weighted by molar-refractivity contribution is 1.07. The average Bonchev–Trinajstić information content (AvgIpc) is 3.80. The number of thiophene rings is 1. The van der Waals surface area contributed by atoms with E-state index >= 15 is 0 Å². The molecular weight excluding hydrogens is 508 g/mol. The average molecular weight is 531 g/mol. The predicted molar refractivity (Wildman–Crippen MR) is 167 cm³/mol. The lowest BCUT2D eigenvalue weighted by atomic mass is 10.1. The molecule has 0 unspecified atom stereocenters. The molecule has 4 nitrogen and oxygen atoms in total. The Labute approximate surface area is 233 Å². The molecule has 0 saturated heterocycles. The Bertz CT molecular complexity index is 2330. The van der Waals surface area contributed by atoms with Crippen molar-refractivity contribution in [1.82, 2.24) is 18.5 Å². The van der Waals surface area contributed by atoms with E-state index in [2.05, 4.69) is 141 Å². The number of nitrogens with zero attached hydrogens (tertiary/aromatic N) is 4. The van der Waals surface area contributed by atoms with E-state index in [9.17, 15) is 0 Å². The van der Waals surface area contributed by atoms with Crippen LogP contribution in [-0.2, 0) is 0 Å². The van der Waals surface area contributed by atoms with Crippen LogP contribution in [0, 0.1) is 0 Å². The summed E-state index contributed by atoms with van der Waals surface area (Å²) in [5.41, 5.74) is 8.07. The predicted octanol–water partition coefficient (Wildman–Crippen LogP) is 9.26. The number of hydrogen-bond acceptors (Lipinski definition) is 2. The van der Waals surface area contributed by atoms with Gasteiger partial charge in [-0.25, -0.2) is 4.98 Å². The maximum absolute atomic E-state index is 4.80. The largest absolute Gasteiger partial charge is 0.309 e. The van der Waals surface area contributed by atoms with Crippen LogP contribution < -0.4 is 0 Å². The number of imidazole rings is 1. The van der Waals surface area contributed by atoms with Crippen LogP contribution in [0.2, 0.25) is 0 Å². The molecule has 0 amide bonds. The standard InChI is InChI=1S/C35H22N4S/c1-2-10-24(11-3-1)37-19-17-28-32-29(34-36-18-20-38(34)35(28)37)22-40-33(32)23-9-8-12-25(21-23)39-30-15-6-4-13-26(30)27-14-5-7-16-31(27)39/h1-22H. The molecule has 5 aromatic heterocycles. The highest BCUT2D eigenvalue weighted by Gasteiger charge is 2.19. The summed E-state index contributed by atoms with van der Waals surface area (Å²) >= 11 is 1.80. The third-order valence-corrected chi connectivity index (χ3v) is 9.04. The molecule has 0 aliphatic heterocycles. The van der Waals surface area contributed by atoms with E-state index in [0.717, 1.165) is 22.7 Å². The van der Waals surface area contributed by atoms with Crippen molar-refractivity contribution in [3.05, 3.63) is 133 Å². The van der Waals surface area contributed by atoms with Gasteiger partial charge in [-0.1, -0.05) is 66.7 Å². The summed E-state index contributed by atoms with van der Waals surface area (Å²) in [7, 11) is 0. The van der Waals surface area contributed by atoms with Crippen molar-refractivity contribution in [2.24, 2.45) is 0 Å². The fraction of sp³-hybridized carbons (Fsp3) is 0. The normalized spacial score (nSPS) is 12.0. The zero-order valence-electron chi connectivity index (χ0n) is 21.4. The van der Waals surface area contributed by atoms with Crippen molar-refractivity contribution in [2.75, 3.05) is 0 Å². The SMILES string of the molecule is c1ccc(-n2ccc3c4c(-c5cccc(-n6c7ccccc7c7ccccc76)c5)scc4c4nccn4c32)cc1. The van der Waals surface area contributed by atoms with Crippen LogP contribution in [-0.4, -0.2) is 18.5 Å². The number of aromatic nitrogens is 4. The fourth-order valence-electron chi connectivity index (χ4n) is 6.32. The molecule has 5 heteroatoms. The Kier molecular flexibility index (Phi) is 4.45. The highest BCUT2D eigenvalue weighted by atomic mass is 32.1. The van der Waals surface area contributed by atoms with Gasteiger partial charge in [0, 0.05) is 67.2 Å². The molecule has 0 spiro atoms. The Morgan fingerprint density at radius 1 is 0.600 bits per heavy atom. The minimum absolute atomic E-state index is 0.986. The first-order chi connectivity index (χ1) is 19.9. The Morgan fingerprint density at radius 2 is 1.32 bits per heavy atom. The van der Waals surface area contributed by atoms with E-state index in [-0.39, 0.29) is 0 Å². The molecule has 0 bridgehead atoms. The van der Waals surface area contributed by atoms with Gasteiger partial charge in [0.25, 0.3) is 0 Å². The molecule has 9 aromatic rings. The van der Waals surface area contributed by atoms with E-state index in [1.165, 1.54) is 48.4 Å². The van der Waals surface area contributed by atoms with Gasteiger partial charge in [0.15, 0.2) is 0 Å². The van der Waals surface area contributed by atoms with Gasteiger partial charge in [-0.15, -0.1) is 11.3 Å². The minimum Gasteiger partial charge on any atom is -0.309 e. The molecule has 188 valence electrons. The second-order valence-electron chi connectivity index (χ2n) is 10.2. The molecule has 0 aliphatic carbocycles. The monoisotopic (exact) mass is 530 g/mol. The molecule has 0 fully saturated rings. The van der Waals surface area contributed by atoms with Crippen LogP contribution in [0.4, 0.5) is 0 Å². The van der Waals surface area contributed by atoms with Crippen molar-refractivity contribution >= 4 is 60.6 Å². The van der Waals surface area contributed by atoms with Crippen LogP contribution >= 0.6 is 11.3 Å². The van der Waals surface area contributed by atoms with Gasteiger partial charge in [0.2, 0.25) is 0 Å². The molecule has 4 aromatic carbocycles. The number of benzene rings is 4. The third kappa shape index (κ3) is 2.92. The molecule has 0 radical (unpaired) electrons. The van der Waals surface area contributed by atoms with Gasteiger partial charge in [-0.2, -0.15) is 0 Å². The second kappa shape index (κ2) is 8.18. The fourth-order valence-corrected chi connectivity index (χ4v) is 7.38. The van der Waals surface area contributed by atoms with Crippen LogP contribution in [0.15, 0.2) is 133 Å². The quantitative estimate of drug-likeness (QED) is 0.224. The van der Waals surface area contributed by atoms with Gasteiger partial charge in [-0.05, 0) is 48.0 Å². The molecule has 0 atom stereocenters. The van der Waals surface area contributed by atoms with Gasteiger partial charge >= 0.3 is 0 Å². The smallest absolute Gasteiger partial charge is 0.147 e. The first kappa shape index (κ1) is 21.8. The van der Waals surface area contributed by atoms with E-state index in [1.807, 2.05) is 6.20 Å². The summed E-state index contributed by atoms with van der Waals surface area (Å²) in [5.74, 6) is 0. The summed E-state index contributed by atoms with van der Waals surface area (Å²) in [6.45, 7) is 0. The van der Waals surface area contributed by atoms with E-state index in [4.69, 9.17) is 4.98 Å². The van der Waals surface area contributed by atoms with Gasteiger partial charge < -0.3 is 9.13 Å². The zero-order valence-corrected chi connectivity index (χ0v) is 22.2. The van der Waals surface area contributed by atoms with Gasteiger partial charge in [0.1, 0.15) is 11.3 Å². The van der Waals surface area contributed by atoms with Crippen LogP contribution in [0.25, 0.3) is 71.1 Å². The van der Waals surface area contributed by atoms with Gasteiger partial charge in [-0.3, -0.25) is 4.40 Å². The number of hydrogen-bond donors (Lipinski definition) is 0. The lowest BCUT2D eigenvalue weighted by Crippen LogP contribution is -1.97. The minimum atomic E-state index is 0.986. The molecule has 0 aliphatic rings. The third-order valence-electron chi connectivity index (χ3n) is 8.01. The lowest BCUT2D eigenvalue weighted by Gasteiger charge is -2.11. The van der Waals surface area contributed by atoms with E-state index in [0.29, 0.717) is 0 Å². The topological polar surface area (TPSA) is 27.2 Å². The van der Waals surface area contributed by atoms with Crippen molar-refractivity contribution in [3.8, 4) is 21.8 Å². The molecule has 40 heavy (non-hydrogen) atoms. The second-order valence-corrected chi connectivity index (χ2v) is 11.0. The van der Waals surface area contributed by atoms with Crippen LogP contribution in [0.5, 0.6) is 0 Å². The number of pyridine rings is 1. The molecule has 0 saturated carbocycles. The number of fused-ring (bicyclic) bond motifs is 9. The maximum Gasteiger partial charge on any atom is 0.147 e. The Morgan fingerprint density at radius 3 is 2.12 bits per heavy atom. The number of para-hydroxylation sites is 3. The van der Waals surface area contributed by atoms with Crippen molar-refractivity contribution in [2.45, 2.75) is 0 Å². The van der Waals surface area contributed by atoms with Gasteiger partial charge in [0.05, 0.1) is 11.0 Å². The van der Waals surface area contributed by atoms with Crippen molar-refractivity contribution in [3.63, 3.8) is 0 Å². The zero-order chi connectivity index (χ0) is 26.2. The van der Waals surface area contributed by atoms with E-state index in [1.54, 1.807) is 11.3 Å². The van der Waals surface area contributed by atoms with E-state index < -0.39 is 0 Å². The van der Waals surface area contributed by atoms with Crippen molar-refractivity contribution in [1.29, 1.82) is 0 Å². The summed E-state index contributed by atoms with van der Waals surface area (Å²) < 4.78 is 6.87. The highest BCUT2D eigenvalue weighted by molar-refractivity contribution is 7.15. The molecule has 5 heterocycles. The number of rotatable bonds is 3. The highest BCUT2D eigenvalue weighted by Crippen LogP contribution is 2.43. The summed E-state index contributed by atoms with van der Waals surface area (Å²) in [5, 5.41) is 8.48. The molecule has 0 N–H and O–H groups in total. The summed E-state index contributed by atoms with van der Waals surface area (Å²) in [4.78, 5) is 6.06. The van der Waals surface area contributed by atoms with Crippen LogP contribution in [0.1, 0.15) is 0 Å². The first-order valence-corrected chi connectivity index (χ1v) is 14.3. The Hall–Kier alpha value is -5.13. The Balaban J connectivity index is 1.32. The maximum atomic E-state index is 4.80. The molecular formula is C35H22N4S.